The number of aryl methyl sites for hydroxylation is 1. The van der Waals surface area contributed by atoms with E-state index in [4.69, 9.17) is 0 Å². The summed E-state index contributed by atoms with van der Waals surface area (Å²) in [6.45, 7) is 4.52. The quantitative estimate of drug-likeness (QED) is 0.707. The predicted octanol–water partition coefficient (Wildman–Crippen LogP) is 3.55. The van der Waals surface area contributed by atoms with E-state index in [1.54, 1.807) is 0 Å². The standard InChI is InChI=1S/C12H17NS/c1-12(2)7-6-9-8-10(14-3)4-5-11(9)13-12/h4-5,8,13H,6-7H2,1-3H3. The van der Waals surface area contributed by atoms with E-state index >= 15 is 0 Å². The Morgan fingerprint density at radius 3 is 2.86 bits per heavy atom. The molecule has 76 valence electrons. The molecule has 1 aromatic carbocycles. The largest absolute Gasteiger partial charge is 0.380 e. The zero-order valence-electron chi connectivity index (χ0n) is 9.05. The van der Waals surface area contributed by atoms with Crippen LogP contribution in [0.25, 0.3) is 0 Å². The third-order valence-electron chi connectivity index (χ3n) is 2.80. The minimum atomic E-state index is 0.258. The van der Waals surface area contributed by atoms with Gasteiger partial charge in [0.1, 0.15) is 0 Å². The van der Waals surface area contributed by atoms with Crippen molar-refractivity contribution in [1.82, 2.24) is 0 Å². The van der Waals surface area contributed by atoms with Crippen molar-refractivity contribution in [1.29, 1.82) is 0 Å². The molecular weight excluding hydrogens is 190 g/mol. The minimum absolute atomic E-state index is 0.258. The Labute approximate surface area is 90.3 Å². The average Bonchev–Trinajstić information content (AvgIpc) is 2.16. The number of hydrogen-bond acceptors (Lipinski definition) is 2. The third-order valence-corrected chi connectivity index (χ3v) is 3.53. The van der Waals surface area contributed by atoms with Crippen molar-refractivity contribution < 1.29 is 0 Å². The van der Waals surface area contributed by atoms with Crippen LogP contribution < -0.4 is 5.32 Å². The highest BCUT2D eigenvalue weighted by Crippen LogP contribution is 2.32. The Balaban J connectivity index is 2.32. The summed E-state index contributed by atoms with van der Waals surface area (Å²) in [5, 5.41) is 3.58. The Bertz CT molecular complexity index is 344. The monoisotopic (exact) mass is 207 g/mol. The van der Waals surface area contributed by atoms with Gasteiger partial charge in [0.25, 0.3) is 0 Å². The molecule has 14 heavy (non-hydrogen) atoms. The second-order valence-electron chi connectivity index (χ2n) is 4.53. The van der Waals surface area contributed by atoms with Crippen molar-refractivity contribution in [3.05, 3.63) is 23.8 Å². The molecule has 0 fully saturated rings. The van der Waals surface area contributed by atoms with Gasteiger partial charge in [-0.25, -0.2) is 0 Å². The Hall–Kier alpha value is -0.630. The van der Waals surface area contributed by atoms with Gasteiger partial charge in [0.05, 0.1) is 0 Å². The van der Waals surface area contributed by atoms with Crippen molar-refractivity contribution in [2.75, 3.05) is 11.6 Å². The van der Waals surface area contributed by atoms with Crippen molar-refractivity contribution in [3.8, 4) is 0 Å². The predicted molar refractivity (Wildman–Crippen MR) is 64.2 cm³/mol. The van der Waals surface area contributed by atoms with Crippen LogP contribution in [0.1, 0.15) is 25.8 Å². The summed E-state index contributed by atoms with van der Waals surface area (Å²) in [5.74, 6) is 0. The molecule has 0 saturated carbocycles. The topological polar surface area (TPSA) is 12.0 Å². The fourth-order valence-corrected chi connectivity index (χ4v) is 2.36. The molecule has 0 aliphatic carbocycles. The van der Waals surface area contributed by atoms with Crippen molar-refractivity contribution in [3.63, 3.8) is 0 Å². The molecule has 0 spiro atoms. The molecular formula is C12H17NS. The number of hydrogen-bond donors (Lipinski definition) is 1. The number of nitrogens with one attached hydrogen (secondary N) is 1. The molecule has 1 aliphatic heterocycles. The summed E-state index contributed by atoms with van der Waals surface area (Å²) in [4.78, 5) is 1.37. The number of benzene rings is 1. The van der Waals surface area contributed by atoms with Crippen LogP contribution >= 0.6 is 11.8 Å². The SMILES string of the molecule is CSc1ccc2c(c1)CCC(C)(C)N2. The van der Waals surface area contributed by atoms with Gasteiger partial charge in [-0.1, -0.05) is 0 Å². The van der Waals surface area contributed by atoms with Crippen molar-refractivity contribution in [2.24, 2.45) is 0 Å². The molecule has 0 aromatic heterocycles. The van der Waals surface area contributed by atoms with Crippen LogP contribution in [0.2, 0.25) is 0 Å². The summed E-state index contributed by atoms with van der Waals surface area (Å²) >= 11 is 1.81. The zero-order valence-corrected chi connectivity index (χ0v) is 9.87. The Morgan fingerprint density at radius 2 is 2.14 bits per heavy atom. The maximum atomic E-state index is 3.58. The van der Waals surface area contributed by atoms with Crippen molar-refractivity contribution >= 4 is 17.4 Å². The molecule has 1 aromatic rings. The molecule has 0 saturated heterocycles. The highest BCUT2D eigenvalue weighted by molar-refractivity contribution is 7.98. The number of anilines is 1. The summed E-state index contributed by atoms with van der Waals surface area (Å²) in [7, 11) is 0. The van der Waals surface area contributed by atoms with E-state index < -0.39 is 0 Å². The van der Waals surface area contributed by atoms with Crippen LogP contribution in [0.5, 0.6) is 0 Å². The number of thioether (sulfide) groups is 1. The van der Waals surface area contributed by atoms with Crippen LogP contribution in [0.4, 0.5) is 5.69 Å². The highest BCUT2D eigenvalue weighted by Gasteiger charge is 2.23. The Kier molecular flexibility index (Phi) is 2.48. The number of fused-ring (bicyclic) bond motifs is 1. The second-order valence-corrected chi connectivity index (χ2v) is 5.41. The lowest BCUT2D eigenvalue weighted by Crippen LogP contribution is -2.35. The van der Waals surface area contributed by atoms with Crippen LogP contribution in [-0.4, -0.2) is 11.8 Å². The third kappa shape index (κ3) is 1.90. The van der Waals surface area contributed by atoms with E-state index in [-0.39, 0.29) is 5.54 Å². The van der Waals surface area contributed by atoms with Gasteiger partial charge in [0.15, 0.2) is 0 Å². The summed E-state index contributed by atoms with van der Waals surface area (Å²) in [5.41, 5.74) is 3.05. The average molecular weight is 207 g/mol. The minimum Gasteiger partial charge on any atom is -0.380 e. The lowest BCUT2D eigenvalue weighted by molar-refractivity contribution is 0.502. The molecule has 1 heterocycles. The van der Waals surface area contributed by atoms with Crippen LogP contribution in [0.3, 0.4) is 0 Å². The molecule has 2 heteroatoms. The lowest BCUT2D eigenvalue weighted by atomic mass is 9.89. The van der Waals surface area contributed by atoms with E-state index in [1.807, 2.05) is 11.8 Å². The molecule has 1 N–H and O–H groups in total. The molecule has 2 rings (SSSR count). The first-order valence-electron chi connectivity index (χ1n) is 5.06. The van der Waals surface area contributed by atoms with Gasteiger partial charge in [0, 0.05) is 16.1 Å². The molecule has 1 nitrogen and oxygen atoms in total. The molecule has 0 bridgehead atoms. The van der Waals surface area contributed by atoms with Crippen molar-refractivity contribution in [2.45, 2.75) is 37.1 Å². The molecule has 0 amide bonds. The summed E-state index contributed by atoms with van der Waals surface area (Å²) in [6.07, 6.45) is 4.55. The normalized spacial score (nSPS) is 18.5. The first-order chi connectivity index (χ1) is 6.61. The molecule has 1 aliphatic rings. The maximum absolute atomic E-state index is 3.58. The second kappa shape index (κ2) is 3.50. The fourth-order valence-electron chi connectivity index (χ4n) is 1.90. The van der Waals surface area contributed by atoms with E-state index in [0.717, 1.165) is 0 Å². The Morgan fingerprint density at radius 1 is 1.36 bits per heavy atom. The van der Waals surface area contributed by atoms with Gasteiger partial charge in [0.2, 0.25) is 0 Å². The maximum Gasteiger partial charge on any atom is 0.0377 e. The fraction of sp³-hybridized carbons (Fsp3) is 0.500. The van der Waals surface area contributed by atoms with E-state index in [2.05, 4.69) is 43.6 Å². The summed E-state index contributed by atoms with van der Waals surface area (Å²) < 4.78 is 0. The van der Waals surface area contributed by atoms with Gasteiger partial charge < -0.3 is 5.32 Å². The molecule has 0 radical (unpaired) electrons. The lowest BCUT2D eigenvalue weighted by Gasteiger charge is -2.33. The van der Waals surface area contributed by atoms with Crippen LogP contribution in [-0.2, 0) is 6.42 Å². The van der Waals surface area contributed by atoms with Crippen LogP contribution in [0, 0.1) is 0 Å². The first kappa shape index (κ1) is 9.91. The van der Waals surface area contributed by atoms with E-state index in [0.29, 0.717) is 0 Å². The van der Waals surface area contributed by atoms with Gasteiger partial charge in [-0.15, -0.1) is 11.8 Å². The zero-order chi connectivity index (χ0) is 10.2. The summed E-state index contributed by atoms with van der Waals surface area (Å²) in [6, 6.07) is 6.71. The van der Waals surface area contributed by atoms with Crippen LogP contribution in [0.15, 0.2) is 23.1 Å². The van der Waals surface area contributed by atoms with E-state index in [9.17, 15) is 0 Å². The first-order valence-corrected chi connectivity index (χ1v) is 6.28. The van der Waals surface area contributed by atoms with Gasteiger partial charge in [-0.3, -0.25) is 0 Å². The molecule has 0 unspecified atom stereocenters. The van der Waals surface area contributed by atoms with Gasteiger partial charge in [-0.2, -0.15) is 0 Å². The number of rotatable bonds is 1. The van der Waals surface area contributed by atoms with Gasteiger partial charge >= 0.3 is 0 Å². The molecule has 0 atom stereocenters. The van der Waals surface area contributed by atoms with Gasteiger partial charge in [-0.05, 0) is 56.7 Å². The highest BCUT2D eigenvalue weighted by atomic mass is 32.2. The smallest absolute Gasteiger partial charge is 0.0377 e. The van der Waals surface area contributed by atoms with E-state index in [1.165, 1.54) is 29.0 Å².